The van der Waals surface area contributed by atoms with Crippen molar-refractivity contribution in [1.82, 2.24) is 34.8 Å². The lowest BCUT2D eigenvalue weighted by Gasteiger charge is -2.27. The van der Waals surface area contributed by atoms with Crippen LogP contribution in [0.25, 0.3) is 27.9 Å². The number of imidazole rings is 2. The fourth-order valence-corrected chi connectivity index (χ4v) is 4.25. The van der Waals surface area contributed by atoms with Crippen molar-refractivity contribution >= 4 is 39.9 Å². The van der Waals surface area contributed by atoms with Crippen LogP contribution in [0.4, 0.5) is 11.8 Å². The highest BCUT2D eigenvalue weighted by molar-refractivity contribution is 5.93. The Hall–Kier alpha value is -4.45. The van der Waals surface area contributed by atoms with Crippen LogP contribution in [0.5, 0.6) is 0 Å². The van der Waals surface area contributed by atoms with Gasteiger partial charge in [-0.1, -0.05) is 0 Å². The fourth-order valence-electron chi connectivity index (χ4n) is 4.25. The Kier molecular flexibility index (Phi) is 5.70. The molecule has 1 aromatic carbocycles. The van der Waals surface area contributed by atoms with Gasteiger partial charge in [-0.2, -0.15) is 9.97 Å². The molecule has 0 radical (unpaired) electrons. The van der Waals surface area contributed by atoms with Crippen molar-refractivity contribution in [1.29, 1.82) is 0 Å². The first kappa shape index (κ1) is 22.0. The minimum Gasteiger partial charge on any atom is -0.470 e. The van der Waals surface area contributed by atoms with Crippen molar-refractivity contribution in [2.75, 3.05) is 43.0 Å². The van der Waals surface area contributed by atoms with Crippen LogP contribution in [-0.4, -0.2) is 68.2 Å². The molecule has 1 fully saturated rings. The minimum atomic E-state index is -0.362. The molecule has 184 valence electrons. The van der Waals surface area contributed by atoms with Crippen LogP contribution in [0.2, 0.25) is 0 Å². The lowest BCUT2D eigenvalue weighted by Crippen LogP contribution is -2.44. The number of furan rings is 1. The fraction of sp³-hybridized carbons (Fsp3) is 0.292. The summed E-state index contributed by atoms with van der Waals surface area (Å²) in [5.41, 5.74) is 4.16. The van der Waals surface area contributed by atoms with Gasteiger partial charge in [-0.3, -0.25) is 4.57 Å². The van der Waals surface area contributed by atoms with Gasteiger partial charge >= 0.3 is 5.97 Å². The third-order valence-electron chi connectivity index (χ3n) is 6.03. The predicted octanol–water partition coefficient (Wildman–Crippen LogP) is 2.48. The van der Waals surface area contributed by atoms with Crippen LogP contribution in [-0.2, 0) is 11.3 Å². The molecule has 12 heteroatoms. The summed E-state index contributed by atoms with van der Waals surface area (Å²) in [7, 11) is 0. The molecule has 3 N–H and O–H groups in total. The zero-order valence-electron chi connectivity index (χ0n) is 19.7. The molecule has 5 aromatic rings. The number of fused-ring (bicyclic) bond motifs is 2. The maximum atomic E-state index is 12.1. The van der Waals surface area contributed by atoms with Gasteiger partial charge in [0.1, 0.15) is 18.4 Å². The Morgan fingerprint density at radius 3 is 2.89 bits per heavy atom. The standard InChI is InChI=1S/C24H25N9O3/c1-2-36-23(34)15-3-4-17-18(11-15)29-19(28-17)12-26-21-20-22(33(14-27-20)16-5-10-35-13-16)31-24(30-21)32-8-6-25-7-9-32/h3-5,10-11,13-14,25H,2,6-9,12H2,1H3,(H,28,29)(H,26,30,31). The van der Waals surface area contributed by atoms with Crippen LogP contribution in [0.3, 0.4) is 0 Å². The largest absolute Gasteiger partial charge is 0.470 e. The number of aromatic amines is 1. The Morgan fingerprint density at radius 1 is 1.19 bits per heavy atom. The van der Waals surface area contributed by atoms with Crippen LogP contribution in [0.15, 0.2) is 47.5 Å². The van der Waals surface area contributed by atoms with E-state index < -0.39 is 0 Å². The van der Waals surface area contributed by atoms with Crippen molar-refractivity contribution in [3.05, 3.63) is 54.5 Å². The van der Waals surface area contributed by atoms with E-state index in [0.717, 1.165) is 37.4 Å². The molecular formula is C24H25N9O3. The summed E-state index contributed by atoms with van der Waals surface area (Å²) in [6.07, 6.45) is 4.99. The van der Waals surface area contributed by atoms with Gasteiger partial charge in [0.15, 0.2) is 17.0 Å². The van der Waals surface area contributed by atoms with E-state index in [2.05, 4.69) is 30.5 Å². The first-order chi connectivity index (χ1) is 17.7. The van der Waals surface area contributed by atoms with Crippen LogP contribution < -0.4 is 15.5 Å². The lowest BCUT2D eigenvalue weighted by molar-refractivity contribution is 0.0526. The zero-order valence-corrected chi connectivity index (χ0v) is 19.7. The number of hydrogen-bond donors (Lipinski definition) is 3. The number of hydrogen-bond acceptors (Lipinski definition) is 10. The highest BCUT2D eigenvalue weighted by atomic mass is 16.5. The zero-order chi connectivity index (χ0) is 24.5. The number of benzene rings is 1. The number of H-pyrrole nitrogens is 1. The molecule has 12 nitrogen and oxygen atoms in total. The molecule has 1 aliphatic rings. The number of ether oxygens (including phenoxy) is 1. The summed E-state index contributed by atoms with van der Waals surface area (Å²) in [5.74, 6) is 1.60. The second-order valence-electron chi connectivity index (χ2n) is 8.37. The molecule has 0 unspecified atom stereocenters. The highest BCUT2D eigenvalue weighted by Crippen LogP contribution is 2.26. The van der Waals surface area contributed by atoms with Gasteiger partial charge in [-0.05, 0) is 25.1 Å². The van der Waals surface area contributed by atoms with Gasteiger partial charge in [0.2, 0.25) is 5.95 Å². The number of aromatic nitrogens is 6. The Bertz CT molecular complexity index is 1520. The van der Waals surface area contributed by atoms with Crippen LogP contribution >= 0.6 is 0 Å². The van der Waals surface area contributed by atoms with Gasteiger partial charge in [0.05, 0.1) is 41.7 Å². The third kappa shape index (κ3) is 4.11. The van der Waals surface area contributed by atoms with Gasteiger partial charge < -0.3 is 29.7 Å². The number of anilines is 2. The lowest BCUT2D eigenvalue weighted by atomic mass is 10.2. The van der Waals surface area contributed by atoms with E-state index in [1.165, 1.54) is 0 Å². The summed E-state index contributed by atoms with van der Waals surface area (Å²) >= 11 is 0. The molecule has 36 heavy (non-hydrogen) atoms. The van der Waals surface area contributed by atoms with Gasteiger partial charge in [-0.15, -0.1) is 0 Å². The summed E-state index contributed by atoms with van der Waals surface area (Å²) in [4.78, 5) is 36.4. The van der Waals surface area contributed by atoms with E-state index in [4.69, 9.17) is 19.1 Å². The molecule has 5 heterocycles. The van der Waals surface area contributed by atoms with E-state index in [1.807, 2.05) is 16.7 Å². The molecule has 4 aromatic heterocycles. The summed E-state index contributed by atoms with van der Waals surface area (Å²) in [6.45, 7) is 5.87. The number of esters is 1. The third-order valence-corrected chi connectivity index (χ3v) is 6.03. The van der Waals surface area contributed by atoms with E-state index in [-0.39, 0.29) is 5.97 Å². The average molecular weight is 488 g/mol. The molecule has 1 saturated heterocycles. The van der Waals surface area contributed by atoms with Crippen molar-refractivity contribution < 1.29 is 13.9 Å². The molecular weight excluding hydrogens is 462 g/mol. The SMILES string of the molecule is CCOC(=O)c1ccc2[nH]c(CNc3nc(N4CCNCC4)nc4c3ncn4-c3ccoc3)nc2c1. The van der Waals surface area contributed by atoms with Crippen molar-refractivity contribution in [2.45, 2.75) is 13.5 Å². The smallest absolute Gasteiger partial charge is 0.338 e. The van der Waals surface area contributed by atoms with E-state index >= 15 is 0 Å². The van der Waals surface area contributed by atoms with Crippen molar-refractivity contribution in [3.63, 3.8) is 0 Å². The van der Waals surface area contributed by atoms with E-state index in [9.17, 15) is 4.79 Å². The maximum absolute atomic E-state index is 12.1. The first-order valence-corrected chi connectivity index (χ1v) is 11.8. The van der Waals surface area contributed by atoms with E-state index in [1.54, 1.807) is 37.9 Å². The topological polar surface area (TPSA) is 139 Å². The summed E-state index contributed by atoms with van der Waals surface area (Å²) in [6, 6.07) is 7.15. The van der Waals surface area contributed by atoms with Crippen molar-refractivity contribution in [3.8, 4) is 5.69 Å². The number of carbonyl (C=O) groups is 1. The number of rotatable bonds is 7. The molecule has 0 atom stereocenters. The van der Waals surface area contributed by atoms with Gasteiger partial charge in [0.25, 0.3) is 0 Å². The Morgan fingerprint density at radius 2 is 2.08 bits per heavy atom. The number of piperazine rings is 1. The molecule has 0 saturated carbocycles. The molecule has 0 bridgehead atoms. The molecule has 0 amide bonds. The number of nitrogens with zero attached hydrogens (tertiary/aromatic N) is 6. The monoisotopic (exact) mass is 487 g/mol. The van der Waals surface area contributed by atoms with Crippen LogP contribution in [0, 0.1) is 0 Å². The maximum Gasteiger partial charge on any atom is 0.338 e. The summed E-state index contributed by atoms with van der Waals surface area (Å²) < 4.78 is 12.2. The minimum absolute atomic E-state index is 0.326. The average Bonchev–Trinajstić information content (AvgIpc) is 3.66. The van der Waals surface area contributed by atoms with Gasteiger partial charge in [-0.25, -0.2) is 14.8 Å². The molecule has 0 aliphatic carbocycles. The highest BCUT2D eigenvalue weighted by Gasteiger charge is 2.20. The normalized spacial score (nSPS) is 14.0. The van der Waals surface area contributed by atoms with Crippen molar-refractivity contribution in [2.24, 2.45) is 0 Å². The van der Waals surface area contributed by atoms with Crippen LogP contribution in [0.1, 0.15) is 23.1 Å². The van der Waals surface area contributed by atoms with E-state index in [0.29, 0.717) is 53.0 Å². The number of nitrogens with one attached hydrogen (secondary N) is 3. The second kappa shape index (κ2) is 9.30. The molecule has 0 spiro atoms. The quantitative estimate of drug-likeness (QED) is 0.293. The molecule has 1 aliphatic heterocycles. The Labute approximate surface area is 205 Å². The van der Waals surface area contributed by atoms with Gasteiger partial charge in [0, 0.05) is 32.2 Å². The first-order valence-electron chi connectivity index (χ1n) is 11.8. The predicted molar refractivity (Wildman–Crippen MR) is 133 cm³/mol. The second-order valence-corrected chi connectivity index (χ2v) is 8.37. The Balaban J connectivity index is 1.32. The molecule has 6 rings (SSSR count). The summed E-state index contributed by atoms with van der Waals surface area (Å²) in [5, 5.41) is 6.74. The number of carbonyl (C=O) groups excluding carboxylic acids is 1.